The minimum Gasteiger partial charge on any atom is -0.300 e. The molecule has 0 aliphatic heterocycles. The van der Waals surface area contributed by atoms with E-state index in [9.17, 15) is 9.59 Å². The molecule has 0 bridgehead atoms. The molecule has 0 aromatic heterocycles. The maximum absolute atomic E-state index is 12.9. The number of hydrogen-bond donors (Lipinski definition) is 0. The van der Waals surface area contributed by atoms with Crippen molar-refractivity contribution in [2.45, 2.75) is 78.6 Å². The molecule has 2 heteroatoms. The molecule has 0 radical (unpaired) electrons. The molecule has 0 N–H and O–H groups in total. The van der Waals surface area contributed by atoms with Crippen LogP contribution in [0.15, 0.2) is 0 Å². The van der Waals surface area contributed by atoms with Crippen molar-refractivity contribution in [3.05, 3.63) is 0 Å². The highest BCUT2D eigenvalue weighted by molar-refractivity contribution is 5.87. The van der Waals surface area contributed by atoms with Gasteiger partial charge in [0.1, 0.15) is 11.6 Å². The van der Waals surface area contributed by atoms with E-state index in [0.717, 1.165) is 43.9 Å². The Balaban J connectivity index is 1.64. The van der Waals surface area contributed by atoms with Gasteiger partial charge in [0.05, 0.1) is 0 Å². The Bertz CT molecular complexity index is 538. The number of carbonyl (C=O) groups excluding carboxylic acids is 2. The van der Waals surface area contributed by atoms with E-state index in [1.165, 1.54) is 25.7 Å². The summed E-state index contributed by atoms with van der Waals surface area (Å²) in [4.78, 5) is 24.9. The Hall–Kier alpha value is -0.660. The second-order valence-electron chi connectivity index (χ2n) is 9.70. The van der Waals surface area contributed by atoms with Gasteiger partial charge in [0.25, 0.3) is 0 Å². The molecule has 0 spiro atoms. The molecule has 7 atom stereocenters. The lowest BCUT2D eigenvalue weighted by Crippen LogP contribution is -2.57. The second-order valence-corrected chi connectivity index (χ2v) is 9.70. The summed E-state index contributed by atoms with van der Waals surface area (Å²) in [5.41, 5.74) is 0.316. The third kappa shape index (κ3) is 2.12. The highest BCUT2D eigenvalue weighted by Gasteiger charge is 2.59. The van der Waals surface area contributed by atoms with E-state index >= 15 is 0 Å². The van der Waals surface area contributed by atoms with Crippen molar-refractivity contribution >= 4 is 11.6 Å². The highest BCUT2D eigenvalue weighted by atomic mass is 16.1. The highest BCUT2D eigenvalue weighted by Crippen LogP contribution is 2.64. The zero-order valence-electron chi connectivity index (χ0n) is 15.1. The fraction of sp³-hybridized carbons (Fsp3) is 0.905. The third-order valence-electron chi connectivity index (χ3n) is 8.79. The predicted octanol–water partition coefficient (Wildman–Crippen LogP) is 4.80. The number of carbonyl (C=O) groups is 2. The van der Waals surface area contributed by atoms with Gasteiger partial charge in [0.2, 0.25) is 0 Å². The molecule has 0 unspecified atom stereocenters. The van der Waals surface area contributed by atoms with Crippen LogP contribution in [-0.2, 0) is 9.59 Å². The Morgan fingerprint density at radius 1 is 0.913 bits per heavy atom. The van der Waals surface area contributed by atoms with Gasteiger partial charge < -0.3 is 0 Å². The minimum absolute atomic E-state index is 0.0491. The monoisotopic (exact) mass is 316 g/mol. The van der Waals surface area contributed by atoms with Gasteiger partial charge >= 0.3 is 0 Å². The van der Waals surface area contributed by atoms with E-state index in [1.807, 2.05) is 0 Å². The molecule has 0 heterocycles. The van der Waals surface area contributed by atoms with Crippen LogP contribution in [0.5, 0.6) is 0 Å². The quantitative estimate of drug-likeness (QED) is 0.643. The third-order valence-corrected chi connectivity index (χ3v) is 8.79. The van der Waals surface area contributed by atoms with Crippen molar-refractivity contribution in [1.82, 2.24) is 0 Å². The first kappa shape index (κ1) is 15.8. The van der Waals surface area contributed by atoms with Crippen LogP contribution in [0.3, 0.4) is 0 Å². The van der Waals surface area contributed by atoms with Crippen molar-refractivity contribution in [1.29, 1.82) is 0 Å². The van der Waals surface area contributed by atoms with Gasteiger partial charge in [-0.1, -0.05) is 20.8 Å². The lowest BCUT2D eigenvalue weighted by atomic mass is 9.42. The average molecular weight is 316 g/mol. The number of fused-ring (bicyclic) bond motifs is 5. The molecule has 4 rings (SSSR count). The van der Waals surface area contributed by atoms with E-state index in [2.05, 4.69) is 20.8 Å². The Labute approximate surface area is 140 Å². The van der Waals surface area contributed by atoms with Gasteiger partial charge in [-0.3, -0.25) is 9.59 Å². The molecule has 0 aromatic rings. The number of hydrogen-bond acceptors (Lipinski definition) is 2. The van der Waals surface area contributed by atoms with E-state index < -0.39 is 0 Å². The molecular weight excluding hydrogens is 284 g/mol. The average Bonchev–Trinajstić information content (AvgIpc) is 2.52. The van der Waals surface area contributed by atoms with Gasteiger partial charge in [-0.15, -0.1) is 0 Å². The molecule has 0 aromatic carbocycles. The molecule has 4 aliphatic rings. The summed E-state index contributed by atoms with van der Waals surface area (Å²) < 4.78 is 0. The SMILES string of the molecule is C[C@@H]1CC[C@H]2[C@@H]3CC[C@@H]4CC(=O)CC[C@]4(C)[C@H]3CC[C@]2(C)C1=O. The normalized spacial score (nSPS) is 53.3. The van der Waals surface area contributed by atoms with Crippen molar-refractivity contribution in [2.75, 3.05) is 0 Å². The summed E-state index contributed by atoms with van der Waals surface area (Å²) in [5, 5.41) is 0. The summed E-state index contributed by atoms with van der Waals surface area (Å²) in [5.74, 6) is 4.04. The lowest BCUT2D eigenvalue weighted by molar-refractivity contribution is -0.161. The zero-order valence-corrected chi connectivity index (χ0v) is 15.1. The van der Waals surface area contributed by atoms with Gasteiger partial charge in [-0.2, -0.15) is 0 Å². The molecule has 4 fully saturated rings. The molecule has 0 saturated heterocycles. The van der Waals surface area contributed by atoms with E-state index in [-0.39, 0.29) is 11.3 Å². The van der Waals surface area contributed by atoms with Crippen molar-refractivity contribution in [3.8, 4) is 0 Å². The zero-order chi connectivity index (χ0) is 16.4. The molecule has 4 aliphatic carbocycles. The Kier molecular flexibility index (Phi) is 3.56. The Morgan fingerprint density at radius 2 is 1.70 bits per heavy atom. The summed E-state index contributed by atoms with van der Waals surface area (Å²) in [6.45, 7) is 6.91. The van der Waals surface area contributed by atoms with E-state index in [1.54, 1.807) is 0 Å². The molecular formula is C21H32O2. The van der Waals surface area contributed by atoms with Gasteiger partial charge in [-0.25, -0.2) is 0 Å². The van der Waals surface area contributed by atoms with Crippen LogP contribution < -0.4 is 0 Å². The van der Waals surface area contributed by atoms with Crippen molar-refractivity contribution < 1.29 is 9.59 Å². The van der Waals surface area contributed by atoms with E-state index in [0.29, 0.717) is 28.8 Å². The topological polar surface area (TPSA) is 34.1 Å². The van der Waals surface area contributed by atoms with Crippen LogP contribution in [0.4, 0.5) is 0 Å². The molecule has 4 saturated carbocycles. The fourth-order valence-corrected chi connectivity index (χ4v) is 7.33. The number of Topliss-reactive ketones (excluding diaryl/α,β-unsaturated/α-hetero) is 2. The van der Waals surface area contributed by atoms with Crippen LogP contribution in [0.1, 0.15) is 78.6 Å². The summed E-state index contributed by atoms with van der Waals surface area (Å²) in [6.07, 6.45) is 9.89. The first-order chi connectivity index (χ1) is 10.9. The maximum atomic E-state index is 12.9. The molecule has 128 valence electrons. The first-order valence-electron chi connectivity index (χ1n) is 9.92. The van der Waals surface area contributed by atoms with Crippen LogP contribution in [0, 0.1) is 40.4 Å². The lowest BCUT2D eigenvalue weighted by Gasteiger charge is -2.61. The molecule has 0 amide bonds. The number of ketones is 2. The van der Waals surface area contributed by atoms with Crippen LogP contribution in [0.2, 0.25) is 0 Å². The van der Waals surface area contributed by atoms with Gasteiger partial charge in [-0.05, 0) is 74.0 Å². The fourth-order valence-electron chi connectivity index (χ4n) is 7.33. The summed E-state index contributed by atoms with van der Waals surface area (Å²) in [7, 11) is 0. The molecule has 23 heavy (non-hydrogen) atoms. The summed E-state index contributed by atoms with van der Waals surface area (Å²) in [6, 6.07) is 0. The smallest absolute Gasteiger partial charge is 0.141 e. The van der Waals surface area contributed by atoms with Crippen LogP contribution >= 0.6 is 0 Å². The predicted molar refractivity (Wildman–Crippen MR) is 90.9 cm³/mol. The Morgan fingerprint density at radius 3 is 2.48 bits per heavy atom. The van der Waals surface area contributed by atoms with Crippen molar-refractivity contribution in [2.24, 2.45) is 40.4 Å². The second kappa shape index (κ2) is 5.17. The van der Waals surface area contributed by atoms with Gasteiger partial charge in [0.15, 0.2) is 0 Å². The molecule has 2 nitrogen and oxygen atoms in total. The largest absolute Gasteiger partial charge is 0.300 e. The minimum atomic E-state index is -0.0491. The van der Waals surface area contributed by atoms with Crippen LogP contribution in [-0.4, -0.2) is 11.6 Å². The van der Waals surface area contributed by atoms with Crippen molar-refractivity contribution in [3.63, 3.8) is 0 Å². The summed E-state index contributed by atoms with van der Waals surface area (Å²) >= 11 is 0. The standard InChI is InChI=1S/C21H32O2/c1-13-4-7-17-16-6-5-14-12-15(22)8-10-20(14,2)18(16)9-11-21(17,3)19(13)23/h13-14,16-18H,4-12H2,1-3H3/t13-,14-,16+,17+,18+,20+,21+/m1/s1. The first-order valence-corrected chi connectivity index (χ1v) is 9.92. The number of rotatable bonds is 0. The maximum Gasteiger partial charge on any atom is 0.141 e. The van der Waals surface area contributed by atoms with Crippen LogP contribution in [0.25, 0.3) is 0 Å². The van der Waals surface area contributed by atoms with E-state index in [4.69, 9.17) is 0 Å². The van der Waals surface area contributed by atoms with Gasteiger partial charge in [0, 0.05) is 24.2 Å².